The van der Waals surface area contributed by atoms with Gasteiger partial charge in [-0.15, -0.1) is 6.58 Å². The van der Waals surface area contributed by atoms with E-state index in [0.717, 1.165) is 11.8 Å². The summed E-state index contributed by atoms with van der Waals surface area (Å²) in [4.78, 5) is 59.5. The molecule has 282 valence electrons. The Bertz CT molecular complexity index is 1810. The van der Waals surface area contributed by atoms with Gasteiger partial charge in [-0.2, -0.15) is 0 Å². The van der Waals surface area contributed by atoms with E-state index < -0.39 is 63.5 Å². The van der Waals surface area contributed by atoms with Crippen LogP contribution in [0.25, 0.3) is 11.1 Å². The molecule has 16 heteroatoms. The standard InChI is InChI=1S/C36H46ClN5O9S/c1-6-11-28(41-52(5,47)48)34(45)42-21-25(49-22-23-15-17-24(37)18-16-23)20-29(42)32(44)39-27(13-9-10-19-38-35(46)51-36(2,3)4)31(43)33-40-26-12-7-8-14-30(26)50-33/h6-8,12,14-18,25,27-29,41H,1,9-11,13,19-22H2,2-5H3,(H,38,46)(H,39,44)/t25-,27+,28-,29+/m1/s1. The second kappa shape index (κ2) is 17.9. The van der Waals surface area contributed by atoms with Crippen molar-refractivity contribution in [1.82, 2.24) is 25.2 Å². The molecule has 1 aromatic heterocycles. The topological polar surface area (TPSA) is 186 Å². The van der Waals surface area contributed by atoms with E-state index in [1.54, 1.807) is 69.3 Å². The van der Waals surface area contributed by atoms with Gasteiger partial charge in [-0.25, -0.2) is 22.9 Å². The number of oxazole rings is 1. The zero-order chi connectivity index (χ0) is 38.1. The minimum absolute atomic E-state index is 0.0102. The second-order valence-corrected chi connectivity index (χ2v) is 15.8. The molecule has 0 spiro atoms. The summed E-state index contributed by atoms with van der Waals surface area (Å²) in [6.45, 7) is 9.34. The van der Waals surface area contributed by atoms with Gasteiger partial charge in [0, 0.05) is 24.5 Å². The van der Waals surface area contributed by atoms with Crippen LogP contribution in [0.15, 0.2) is 65.6 Å². The maximum Gasteiger partial charge on any atom is 0.407 e. The van der Waals surface area contributed by atoms with Gasteiger partial charge in [-0.3, -0.25) is 14.4 Å². The summed E-state index contributed by atoms with van der Waals surface area (Å²) in [5.74, 6) is -2.04. The number of benzene rings is 2. The van der Waals surface area contributed by atoms with Crippen molar-refractivity contribution in [2.24, 2.45) is 0 Å². The third kappa shape index (κ3) is 12.1. The number of ketones is 1. The molecule has 1 saturated heterocycles. The number of alkyl carbamates (subject to hydrolysis) is 1. The molecule has 4 rings (SSSR count). The highest BCUT2D eigenvalue weighted by Gasteiger charge is 2.43. The Morgan fingerprint density at radius 2 is 1.81 bits per heavy atom. The van der Waals surface area contributed by atoms with Gasteiger partial charge in [-0.05, 0) is 76.3 Å². The SMILES string of the molecule is C=CC[C@@H](NS(C)(=O)=O)C(=O)N1C[C@H](OCc2ccc(Cl)cc2)C[C@H]1C(=O)N[C@@H](CCCCNC(=O)OC(C)(C)C)C(=O)c1nc2ccccc2o1. The number of unbranched alkanes of at least 4 members (excludes halogenated alkanes) is 1. The van der Waals surface area contributed by atoms with Gasteiger partial charge in [0.25, 0.3) is 5.89 Å². The molecule has 3 aromatic rings. The van der Waals surface area contributed by atoms with Crippen LogP contribution in [0.2, 0.25) is 5.02 Å². The number of hydrogen-bond donors (Lipinski definition) is 3. The highest BCUT2D eigenvalue weighted by molar-refractivity contribution is 7.88. The summed E-state index contributed by atoms with van der Waals surface area (Å²) >= 11 is 6.01. The lowest BCUT2D eigenvalue weighted by molar-refractivity contribution is -0.140. The molecule has 14 nitrogen and oxygen atoms in total. The second-order valence-electron chi connectivity index (χ2n) is 13.6. The van der Waals surface area contributed by atoms with Gasteiger partial charge in [0.15, 0.2) is 5.58 Å². The highest BCUT2D eigenvalue weighted by Crippen LogP contribution is 2.25. The number of rotatable bonds is 17. The average Bonchev–Trinajstić information content (AvgIpc) is 3.70. The molecule has 0 radical (unpaired) electrons. The van der Waals surface area contributed by atoms with Gasteiger partial charge in [0.05, 0.1) is 25.0 Å². The lowest BCUT2D eigenvalue weighted by Crippen LogP contribution is -2.55. The third-order valence-electron chi connectivity index (χ3n) is 8.03. The number of carbonyl (C=O) groups is 4. The van der Waals surface area contributed by atoms with Crippen molar-refractivity contribution in [3.05, 3.63) is 77.7 Å². The molecular formula is C36H46ClN5O9S. The van der Waals surface area contributed by atoms with E-state index in [1.165, 1.54) is 11.0 Å². The van der Waals surface area contributed by atoms with E-state index >= 15 is 0 Å². The molecule has 1 aliphatic rings. The largest absolute Gasteiger partial charge is 0.444 e. The molecule has 2 aromatic carbocycles. The van der Waals surface area contributed by atoms with Crippen LogP contribution in [0.3, 0.4) is 0 Å². The maximum absolute atomic E-state index is 14.1. The predicted octanol–water partition coefficient (Wildman–Crippen LogP) is 4.52. The number of ether oxygens (including phenoxy) is 2. The van der Waals surface area contributed by atoms with Crippen LogP contribution in [0.4, 0.5) is 4.79 Å². The Labute approximate surface area is 308 Å². The van der Waals surface area contributed by atoms with Crippen molar-refractivity contribution in [2.45, 2.75) is 89.3 Å². The third-order valence-corrected chi connectivity index (χ3v) is 8.99. The first kappa shape index (κ1) is 40.5. The Hall–Kier alpha value is -4.31. The molecule has 0 unspecified atom stereocenters. The average molecular weight is 760 g/mol. The Morgan fingerprint density at radius 3 is 2.46 bits per heavy atom. The Morgan fingerprint density at radius 1 is 1.10 bits per heavy atom. The summed E-state index contributed by atoms with van der Waals surface area (Å²) in [5.41, 5.74) is 1.03. The van der Waals surface area contributed by atoms with Gasteiger partial charge >= 0.3 is 6.09 Å². The van der Waals surface area contributed by atoms with Gasteiger partial charge < -0.3 is 29.4 Å². The summed E-state index contributed by atoms with van der Waals surface area (Å²) in [5, 5.41) is 6.05. The number of Topliss-reactive ketones (excluding diaryl/α,β-unsaturated/α-hetero) is 1. The quantitative estimate of drug-likeness (QED) is 0.100. The van der Waals surface area contributed by atoms with E-state index in [0.29, 0.717) is 29.0 Å². The van der Waals surface area contributed by atoms with E-state index in [2.05, 4.69) is 26.9 Å². The zero-order valence-electron chi connectivity index (χ0n) is 29.7. The number of amides is 3. The number of nitrogens with one attached hydrogen (secondary N) is 3. The summed E-state index contributed by atoms with van der Waals surface area (Å²) in [6.07, 6.45) is 2.26. The number of aromatic nitrogens is 1. The first-order valence-corrected chi connectivity index (χ1v) is 19.2. The molecule has 1 fully saturated rings. The molecule has 4 atom stereocenters. The van der Waals surface area contributed by atoms with E-state index in [9.17, 15) is 27.6 Å². The summed E-state index contributed by atoms with van der Waals surface area (Å²) in [6, 6.07) is 10.5. The van der Waals surface area contributed by atoms with Crippen molar-refractivity contribution < 1.29 is 41.5 Å². The number of sulfonamides is 1. The summed E-state index contributed by atoms with van der Waals surface area (Å²) < 4.78 is 43.8. The molecule has 2 heterocycles. The van der Waals surface area contributed by atoms with Crippen molar-refractivity contribution in [1.29, 1.82) is 0 Å². The zero-order valence-corrected chi connectivity index (χ0v) is 31.3. The van der Waals surface area contributed by atoms with Gasteiger partial charge in [-0.1, -0.05) is 41.9 Å². The summed E-state index contributed by atoms with van der Waals surface area (Å²) in [7, 11) is -3.81. The molecular weight excluding hydrogens is 714 g/mol. The predicted molar refractivity (Wildman–Crippen MR) is 195 cm³/mol. The smallest absolute Gasteiger partial charge is 0.407 e. The van der Waals surface area contributed by atoms with Gasteiger partial charge in [0.1, 0.15) is 23.2 Å². The Kier molecular flexibility index (Phi) is 14.0. The maximum atomic E-state index is 14.1. The van der Waals surface area contributed by atoms with Crippen molar-refractivity contribution in [3.63, 3.8) is 0 Å². The number of fused-ring (bicyclic) bond motifs is 1. The van der Waals surface area contributed by atoms with Crippen LogP contribution >= 0.6 is 11.6 Å². The molecule has 0 aliphatic carbocycles. The molecule has 0 bridgehead atoms. The number of likely N-dealkylation sites (tertiary alicyclic amines) is 1. The number of halogens is 1. The van der Waals surface area contributed by atoms with Crippen LogP contribution < -0.4 is 15.4 Å². The van der Waals surface area contributed by atoms with E-state index in [4.69, 9.17) is 25.5 Å². The minimum atomic E-state index is -3.81. The molecule has 3 amide bonds. The van der Waals surface area contributed by atoms with Crippen molar-refractivity contribution in [3.8, 4) is 0 Å². The minimum Gasteiger partial charge on any atom is -0.444 e. The normalized spacial score (nSPS) is 17.4. The number of para-hydroxylation sites is 2. The fourth-order valence-corrected chi connectivity index (χ4v) is 6.51. The van der Waals surface area contributed by atoms with Crippen LogP contribution in [-0.2, 0) is 35.7 Å². The van der Waals surface area contributed by atoms with Crippen LogP contribution in [-0.4, -0.2) is 91.2 Å². The lowest BCUT2D eigenvalue weighted by Gasteiger charge is -2.29. The molecule has 1 aliphatic heterocycles. The first-order chi connectivity index (χ1) is 24.5. The number of carbonyl (C=O) groups excluding carboxylic acids is 4. The fraction of sp³-hybridized carbons (Fsp3) is 0.472. The molecule has 3 N–H and O–H groups in total. The highest BCUT2D eigenvalue weighted by atomic mass is 35.5. The van der Waals surface area contributed by atoms with Gasteiger partial charge in [0.2, 0.25) is 27.6 Å². The fourth-order valence-electron chi connectivity index (χ4n) is 5.67. The number of hydrogen-bond acceptors (Lipinski definition) is 10. The van der Waals surface area contributed by atoms with E-state index in [1.807, 2.05) is 0 Å². The van der Waals surface area contributed by atoms with Crippen LogP contribution in [0.1, 0.15) is 69.1 Å². The Balaban J connectivity index is 1.54. The monoisotopic (exact) mass is 759 g/mol. The van der Waals surface area contributed by atoms with Crippen molar-refractivity contribution in [2.75, 3.05) is 19.3 Å². The van der Waals surface area contributed by atoms with Crippen LogP contribution in [0, 0.1) is 0 Å². The molecule has 52 heavy (non-hydrogen) atoms. The van der Waals surface area contributed by atoms with E-state index in [-0.39, 0.29) is 44.8 Å². The van der Waals surface area contributed by atoms with Crippen molar-refractivity contribution >= 4 is 56.4 Å². The number of nitrogens with zero attached hydrogens (tertiary/aromatic N) is 2. The molecule has 0 saturated carbocycles. The lowest BCUT2D eigenvalue weighted by atomic mass is 10.0. The first-order valence-electron chi connectivity index (χ1n) is 16.9. The van der Waals surface area contributed by atoms with Crippen LogP contribution in [0.5, 0.6) is 0 Å².